The number of amides is 5. The summed E-state index contributed by atoms with van der Waals surface area (Å²) in [6, 6.07) is -2.29. The predicted octanol–water partition coefficient (Wildman–Crippen LogP) is 0.122. The third kappa shape index (κ3) is 15.8. The van der Waals surface area contributed by atoms with Crippen LogP contribution in [-0.4, -0.2) is 141 Å². The Kier molecular flexibility index (Phi) is 19.2. The molecule has 1 saturated heterocycles. The van der Waals surface area contributed by atoms with Crippen LogP contribution < -0.4 is 10.6 Å². The van der Waals surface area contributed by atoms with Gasteiger partial charge in [-0.05, 0) is 72.9 Å². The lowest BCUT2D eigenvalue weighted by Crippen LogP contribution is -2.61. The SMILES string of the molecule is CC(=O)N(O)CCCC(C(=O)OCCC(C)=CC(=O)N(O)CCCC1NC(=O)C(CCCN(O)C(=O)C=C(C)CCO)NC1=O)N(C)C. The molecule has 1 aliphatic heterocycles. The second-order valence-corrected chi connectivity index (χ2v) is 12.0. The predicted molar refractivity (Wildman–Crippen MR) is 170 cm³/mol. The van der Waals surface area contributed by atoms with Gasteiger partial charge in [0.15, 0.2) is 0 Å². The molecular weight excluding hydrogens is 632 g/mol. The Morgan fingerprint density at radius 2 is 1.23 bits per heavy atom. The van der Waals surface area contributed by atoms with Crippen LogP contribution in [0.1, 0.15) is 72.1 Å². The van der Waals surface area contributed by atoms with Gasteiger partial charge in [-0.25, -0.2) is 15.2 Å². The van der Waals surface area contributed by atoms with Crippen molar-refractivity contribution in [1.82, 2.24) is 30.7 Å². The number of carbonyl (C=O) groups is 6. The number of rotatable bonds is 21. The van der Waals surface area contributed by atoms with Crippen LogP contribution in [0.25, 0.3) is 0 Å². The van der Waals surface area contributed by atoms with Gasteiger partial charge in [-0.3, -0.25) is 49.3 Å². The summed E-state index contributed by atoms with van der Waals surface area (Å²) in [7, 11) is 3.42. The lowest BCUT2D eigenvalue weighted by molar-refractivity contribution is -0.163. The van der Waals surface area contributed by atoms with Crippen molar-refractivity contribution in [2.24, 2.45) is 0 Å². The van der Waals surface area contributed by atoms with E-state index >= 15 is 0 Å². The molecule has 0 radical (unpaired) electrons. The zero-order chi connectivity index (χ0) is 36.4. The van der Waals surface area contributed by atoms with E-state index in [1.807, 2.05) is 0 Å². The van der Waals surface area contributed by atoms with E-state index in [1.165, 1.54) is 19.1 Å². The third-order valence-corrected chi connectivity index (χ3v) is 7.59. The van der Waals surface area contributed by atoms with E-state index < -0.39 is 53.6 Å². The highest BCUT2D eigenvalue weighted by atomic mass is 16.5. The summed E-state index contributed by atoms with van der Waals surface area (Å²) in [6.45, 7) is 4.33. The van der Waals surface area contributed by atoms with Gasteiger partial charge >= 0.3 is 5.97 Å². The molecule has 17 heteroatoms. The van der Waals surface area contributed by atoms with Crippen molar-refractivity contribution >= 4 is 35.5 Å². The van der Waals surface area contributed by atoms with Gasteiger partial charge in [-0.15, -0.1) is 0 Å². The number of aliphatic hydroxyl groups is 1. The molecule has 1 rings (SSSR count). The van der Waals surface area contributed by atoms with Crippen LogP contribution in [0.3, 0.4) is 0 Å². The van der Waals surface area contributed by atoms with Crippen LogP contribution in [0, 0.1) is 0 Å². The number of hydrogen-bond acceptors (Lipinski definition) is 12. The smallest absolute Gasteiger partial charge is 0.323 e. The molecule has 0 saturated carbocycles. The molecule has 1 heterocycles. The van der Waals surface area contributed by atoms with Crippen LogP contribution in [0.2, 0.25) is 0 Å². The molecule has 48 heavy (non-hydrogen) atoms. The lowest BCUT2D eigenvalue weighted by Gasteiger charge is -2.30. The maximum Gasteiger partial charge on any atom is 0.323 e. The molecule has 0 aliphatic carbocycles. The average Bonchev–Trinajstić information content (AvgIpc) is 3.00. The first-order valence-corrected chi connectivity index (χ1v) is 15.9. The van der Waals surface area contributed by atoms with Gasteiger partial charge in [0.1, 0.15) is 18.1 Å². The minimum absolute atomic E-state index is 0.000115. The number of hydroxylamine groups is 6. The topological polar surface area (TPSA) is 230 Å². The van der Waals surface area contributed by atoms with Gasteiger partial charge in [0.2, 0.25) is 17.7 Å². The quantitative estimate of drug-likeness (QED) is 0.0410. The highest BCUT2D eigenvalue weighted by Gasteiger charge is 2.33. The zero-order valence-electron chi connectivity index (χ0n) is 28.5. The summed E-state index contributed by atoms with van der Waals surface area (Å²) in [5.41, 5.74) is 1.16. The van der Waals surface area contributed by atoms with Crippen LogP contribution in [0.5, 0.6) is 0 Å². The molecule has 17 nitrogen and oxygen atoms in total. The van der Waals surface area contributed by atoms with Crippen LogP contribution in [0.4, 0.5) is 0 Å². The number of ether oxygens (including phenoxy) is 1. The summed E-state index contributed by atoms with van der Waals surface area (Å²) in [6.07, 6.45) is 4.48. The molecule has 0 spiro atoms. The first-order valence-electron chi connectivity index (χ1n) is 15.9. The standard InChI is InChI=1S/C31H52N6O11/c1-21(12-17-38)19-27(40)36(46)15-6-9-24-29(42)33-25(30(43)32-24)10-7-16-37(47)28(41)20-22(2)13-18-48-31(44)26(34(4)5)11-8-14-35(45)23(3)39/h19-20,24-26,38,45-47H,6-18H2,1-5H3,(H,32,43)(H,33,42). The number of esters is 1. The second-order valence-electron chi connectivity index (χ2n) is 12.0. The molecule has 0 aromatic carbocycles. The molecule has 3 unspecified atom stereocenters. The van der Waals surface area contributed by atoms with E-state index in [1.54, 1.807) is 32.8 Å². The normalized spacial score (nSPS) is 17.4. The van der Waals surface area contributed by atoms with Gasteiger partial charge < -0.3 is 20.5 Å². The fourth-order valence-corrected chi connectivity index (χ4v) is 4.67. The summed E-state index contributed by atoms with van der Waals surface area (Å²) in [5.74, 6) is -3.17. The molecular formula is C31H52N6O11. The molecule has 1 fully saturated rings. The van der Waals surface area contributed by atoms with E-state index in [9.17, 15) is 44.4 Å². The Bertz CT molecular complexity index is 1180. The van der Waals surface area contributed by atoms with E-state index in [2.05, 4.69) is 10.6 Å². The van der Waals surface area contributed by atoms with Crippen molar-refractivity contribution in [2.75, 3.05) is 46.9 Å². The molecule has 3 atom stereocenters. The Morgan fingerprint density at radius 1 is 0.771 bits per heavy atom. The number of nitrogens with zero attached hydrogens (tertiary/aromatic N) is 4. The Hall–Kier alpha value is -3.90. The van der Waals surface area contributed by atoms with E-state index in [0.717, 1.165) is 0 Å². The number of hydrogen-bond donors (Lipinski definition) is 6. The van der Waals surface area contributed by atoms with Gasteiger partial charge in [0.05, 0.1) is 6.61 Å². The van der Waals surface area contributed by atoms with Crippen molar-refractivity contribution in [3.05, 3.63) is 23.3 Å². The number of aliphatic hydroxyl groups excluding tert-OH is 1. The molecule has 5 amide bonds. The number of likely N-dealkylation sites (N-methyl/N-ethyl adjacent to an activating group) is 1. The maximum atomic E-state index is 12.5. The van der Waals surface area contributed by atoms with Gasteiger partial charge in [-0.2, -0.15) is 0 Å². The van der Waals surface area contributed by atoms with Crippen molar-refractivity contribution in [1.29, 1.82) is 0 Å². The van der Waals surface area contributed by atoms with Crippen molar-refractivity contribution < 1.29 is 54.2 Å². The fraction of sp³-hybridized carbons (Fsp3) is 0.677. The van der Waals surface area contributed by atoms with Gasteiger partial charge in [0.25, 0.3) is 11.8 Å². The minimum Gasteiger partial charge on any atom is -0.464 e. The van der Waals surface area contributed by atoms with Gasteiger partial charge in [-0.1, -0.05) is 11.1 Å². The summed E-state index contributed by atoms with van der Waals surface area (Å²) < 4.78 is 5.34. The van der Waals surface area contributed by atoms with Gasteiger partial charge in [0, 0.05) is 51.7 Å². The highest BCUT2D eigenvalue weighted by molar-refractivity contribution is 5.96. The van der Waals surface area contributed by atoms with E-state index in [-0.39, 0.29) is 65.0 Å². The second kappa shape index (κ2) is 21.9. The third-order valence-electron chi connectivity index (χ3n) is 7.59. The van der Waals surface area contributed by atoms with Crippen LogP contribution in [-0.2, 0) is 33.5 Å². The minimum atomic E-state index is -0.859. The highest BCUT2D eigenvalue weighted by Crippen LogP contribution is 2.11. The van der Waals surface area contributed by atoms with E-state index in [0.29, 0.717) is 45.6 Å². The Labute approximate surface area is 281 Å². The summed E-state index contributed by atoms with van der Waals surface area (Å²) in [5, 5.41) is 45.3. The number of nitrogens with one attached hydrogen (secondary N) is 2. The monoisotopic (exact) mass is 684 g/mol. The molecule has 0 aromatic rings. The molecule has 1 aliphatic rings. The maximum absolute atomic E-state index is 12.5. The van der Waals surface area contributed by atoms with Crippen molar-refractivity contribution in [3.8, 4) is 0 Å². The molecule has 272 valence electrons. The summed E-state index contributed by atoms with van der Waals surface area (Å²) in [4.78, 5) is 74.8. The molecule has 0 aromatic heterocycles. The lowest BCUT2D eigenvalue weighted by atomic mass is 10.0. The Balaban J connectivity index is 2.41. The first-order chi connectivity index (χ1) is 22.6. The fourth-order valence-electron chi connectivity index (χ4n) is 4.67. The van der Waals surface area contributed by atoms with Crippen LogP contribution >= 0.6 is 0 Å². The largest absolute Gasteiger partial charge is 0.464 e. The van der Waals surface area contributed by atoms with E-state index in [4.69, 9.17) is 9.84 Å². The summed E-state index contributed by atoms with van der Waals surface area (Å²) >= 11 is 0. The van der Waals surface area contributed by atoms with Crippen molar-refractivity contribution in [2.45, 2.75) is 90.3 Å². The first kappa shape index (κ1) is 42.1. The number of carbonyl (C=O) groups excluding carboxylic acids is 6. The average molecular weight is 685 g/mol. The Morgan fingerprint density at radius 3 is 1.67 bits per heavy atom. The van der Waals surface area contributed by atoms with Crippen molar-refractivity contribution in [3.63, 3.8) is 0 Å². The zero-order valence-corrected chi connectivity index (χ0v) is 28.5. The molecule has 0 bridgehead atoms. The molecule has 6 N–H and O–H groups in total. The number of piperazine rings is 1. The van der Waals surface area contributed by atoms with Crippen LogP contribution in [0.15, 0.2) is 23.3 Å².